The van der Waals surface area contributed by atoms with Gasteiger partial charge in [-0.2, -0.15) is 9.59 Å². The first-order chi connectivity index (χ1) is 12.6. The van der Waals surface area contributed by atoms with E-state index < -0.39 is 0 Å². The molecule has 26 heavy (non-hydrogen) atoms. The van der Waals surface area contributed by atoms with E-state index >= 15 is 0 Å². The number of H-pyrrole nitrogens is 1. The number of aliphatic hydroxyl groups excluding tert-OH is 1. The van der Waals surface area contributed by atoms with Crippen LogP contribution in [0.1, 0.15) is 43.5 Å². The SMILES string of the molecule is C[C@H]1[C@@H](O)CCC2CN3CCc4c([nH]c5ccccc45)[C@@H]3C[C@@H]21.O=C=O. The fourth-order valence-corrected chi connectivity index (χ4v) is 5.62. The smallest absolute Gasteiger partial charge is 0.373 e. The summed E-state index contributed by atoms with van der Waals surface area (Å²) in [5, 5.41) is 11.7. The van der Waals surface area contributed by atoms with E-state index in [1.165, 1.54) is 48.9 Å². The second kappa shape index (κ2) is 6.99. The minimum Gasteiger partial charge on any atom is -0.393 e. The van der Waals surface area contributed by atoms with Crippen molar-refractivity contribution in [2.45, 2.75) is 44.8 Å². The highest BCUT2D eigenvalue weighted by molar-refractivity contribution is 5.85. The summed E-state index contributed by atoms with van der Waals surface area (Å²) in [6, 6.07) is 9.27. The maximum atomic E-state index is 10.3. The molecule has 0 radical (unpaired) electrons. The van der Waals surface area contributed by atoms with Crippen molar-refractivity contribution in [3.63, 3.8) is 0 Å². The zero-order valence-electron chi connectivity index (χ0n) is 15.1. The fraction of sp³-hybridized carbons (Fsp3) is 0.571. The van der Waals surface area contributed by atoms with Crippen molar-refractivity contribution in [2.75, 3.05) is 13.1 Å². The molecule has 2 aromatic rings. The Labute approximate surface area is 153 Å². The number of fused-ring (bicyclic) bond motifs is 6. The topological polar surface area (TPSA) is 73.4 Å². The molecule has 0 amide bonds. The van der Waals surface area contributed by atoms with Gasteiger partial charge in [0.05, 0.1) is 12.1 Å². The number of aliphatic hydroxyl groups is 1. The van der Waals surface area contributed by atoms with Gasteiger partial charge in [-0.05, 0) is 55.1 Å². The van der Waals surface area contributed by atoms with Crippen molar-refractivity contribution in [1.29, 1.82) is 0 Å². The standard InChI is InChI=1S/C20H26N2O.CO2/c1-12-16-10-18-20-15(14-4-2-3-5-17(14)21-20)8-9-22(18)11-13(16)6-7-19(12)23;2-1-3/h2-5,12-13,16,18-19,21,23H,6-11H2,1H3;/t12-,13?,16-,18+,19+;/m1./s1. The molecule has 5 heteroatoms. The first kappa shape index (κ1) is 17.5. The molecule has 3 heterocycles. The third-order valence-electron chi connectivity index (χ3n) is 6.96. The molecule has 1 aliphatic carbocycles. The second-order valence-corrected chi connectivity index (χ2v) is 8.07. The summed E-state index contributed by atoms with van der Waals surface area (Å²) in [6.45, 7) is 4.69. The molecule has 2 fully saturated rings. The molecule has 1 aromatic heterocycles. The molecule has 3 aliphatic rings. The van der Waals surface area contributed by atoms with Crippen LogP contribution in [0.15, 0.2) is 24.3 Å². The number of benzene rings is 1. The van der Waals surface area contributed by atoms with Crippen LogP contribution in [-0.4, -0.2) is 40.3 Å². The highest BCUT2D eigenvalue weighted by atomic mass is 16.3. The molecule has 5 atom stereocenters. The van der Waals surface area contributed by atoms with Gasteiger partial charge in [-0.15, -0.1) is 0 Å². The van der Waals surface area contributed by atoms with Crippen LogP contribution in [0.5, 0.6) is 0 Å². The minimum absolute atomic E-state index is 0.0893. The van der Waals surface area contributed by atoms with Crippen LogP contribution >= 0.6 is 0 Å². The van der Waals surface area contributed by atoms with E-state index in [4.69, 9.17) is 9.59 Å². The third-order valence-corrected chi connectivity index (χ3v) is 6.96. The second-order valence-electron chi connectivity index (χ2n) is 8.07. The molecular weight excluding hydrogens is 328 g/mol. The maximum Gasteiger partial charge on any atom is 0.373 e. The number of hydrogen-bond acceptors (Lipinski definition) is 4. The van der Waals surface area contributed by atoms with Gasteiger partial charge in [-0.3, -0.25) is 4.90 Å². The lowest BCUT2D eigenvalue weighted by molar-refractivity contribution is -0.191. The van der Waals surface area contributed by atoms with Gasteiger partial charge in [0.25, 0.3) is 0 Å². The van der Waals surface area contributed by atoms with E-state index in [1.54, 1.807) is 5.56 Å². The molecule has 0 bridgehead atoms. The average Bonchev–Trinajstić information content (AvgIpc) is 3.03. The van der Waals surface area contributed by atoms with Gasteiger partial charge in [-0.25, -0.2) is 0 Å². The van der Waals surface area contributed by atoms with Crippen LogP contribution < -0.4 is 0 Å². The van der Waals surface area contributed by atoms with Gasteiger partial charge >= 0.3 is 6.15 Å². The zero-order valence-corrected chi connectivity index (χ0v) is 15.1. The molecule has 138 valence electrons. The quantitative estimate of drug-likeness (QED) is 0.763. The summed E-state index contributed by atoms with van der Waals surface area (Å²) < 4.78 is 0. The summed E-state index contributed by atoms with van der Waals surface area (Å²) in [5.74, 6) is 1.92. The van der Waals surface area contributed by atoms with Crippen molar-refractivity contribution in [1.82, 2.24) is 9.88 Å². The number of piperidine rings is 1. The van der Waals surface area contributed by atoms with Gasteiger partial charge in [-0.1, -0.05) is 25.1 Å². The summed E-state index contributed by atoms with van der Waals surface area (Å²) in [5.41, 5.74) is 4.30. The molecule has 1 aromatic carbocycles. The molecule has 5 nitrogen and oxygen atoms in total. The van der Waals surface area contributed by atoms with E-state index in [0.29, 0.717) is 17.9 Å². The first-order valence-corrected chi connectivity index (χ1v) is 9.65. The molecule has 0 spiro atoms. The van der Waals surface area contributed by atoms with Gasteiger partial charge in [0.2, 0.25) is 0 Å². The van der Waals surface area contributed by atoms with Crippen molar-refractivity contribution >= 4 is 17.1 Å². The Bertz CT molecular complexity index is 824. The largest absolute Gasteiger partial charge is 0.393 e. The van der Waals surface area contributed by atoms with E-state index in [9.17, 15) is 5.11 Å². The number of para-hydroxylation sites is 1. The van der Waals surface area contributed by atoms with Crippen molar-refractivity contribution in [3.8, 4) is 0 Å². The lowest BCUT2D eigenvalue weighted by atomic mass is 9.65. The van der Waals surface area contributed by atoms with Crippen LogP contribution in [-0.2, 0) is 16.0 Å². The van der Waals surface area contributed by atoms with Crippen LogP contribution in [0.4, 0.5) is 0 Å². The van der Waals surface area contributed by atoms with Gasteiger partial charge in [0, 0.05) is 29.7 Å². The maximum absolute atomic E-state index is 10.3. The summed E-state index contributed by atoms with van der Waals surface area (Å²) in [6.07, 6.45) is 4.75. The molecule has 5 rings (SSSR count). The fourth-order valence-electron chi connectivity index (χ4n) is 5.62. The van der Waals surface area contributed by atoms with Gasteiger partial charge < -0.3 is 10.1 Å². The Balaban J connectivity index is 0.000000527. The molecule has 1 saturated heterocycles. The van der Waals surface area contributed by atoms with Crippen LogP contribution in [0.3, 0.4) is 0 Å². The average molecular weight is 354 g/mol. The van der Waals surface area contributed by atoms with Crippen molar-refractivity contribution < 1.29 is 14.7 Å². The Kier molecular flexibility index (Phi) is 4.70. The van der Waals surface area contributed by atoms with Gasteiger partial charge in [0.15, 0.2) is 0 Å². The van der Waals surface area contributed by atoms with E-state index in [0.717, 1.165) is 12.3 Å². The number of aromatic nitrogens is 1. The highest BCUT2D eigenvalue weighted by Crippen LogP contribution is 2.48. The highest BCUT2D eigenvalue weighted by Gasteiger charge is 2.45. The summed E-state index contributed by atoms with van der Waals surface area (Å²) in [4.78, 5) is 22.7. The Hall–Kier alpha value is -1.94. The third kappa shape index (κ3) is 2.81. The summed E-state index contributed by atoms with van der Waals surface area (Å²) >= 11 is 0. The molecule has 1 unspecified atom stereocenters. The number of nitrogens with one attached hydrogen (secondary N) is 1. The Morgan fingerprint density at radius 3 is 2.81 bits per heavy atom. The van der Waals surface area contributed by atoms with Crippen LogP contribution in [0.2, 0.25) is 0 Å². The zero-order chi connectivity index (χ0) is 18.3. The van der Waals surface area contributed by atoms with E-state index in [1.807, 2.05) is 0 Å². The monoisotopic (exact) mass is 354 g/mol. The predicted molar refractivity (Wildman–Crippen MR) is 97.3 cm³/mol. The number of carbonyl (C=O) groups excluding carboxylic acids is 2. The van der Waals surface area contributed by atoms with Crippen molar-refractivity contribution in [2.24, 2.45) is 17.8 Å². The molecule has 2 aliphatic heterocycles. The number of nitrogens with zero attached hydrogens (tertiary/aromatic N) is 1. The molecule has 2 N–H and O–H groups in total. The van der Waals surface area contributed by atoms with E-state index in [-0.39, 0.29) is 12.3 Å². The predicted octanol–water partition coefficient (Wildman–Crippen LogP) is 2.91. The Morgan fingerprint density at radius 2 is 2.00 bits per heavy atom. The van der Waals surface area contributed by atoms with Crippen LogP contribution in [0, 0.1) is 17.8 Å². The van der Waals surface area contributed by atoms with Gasteiger partial charge in [0.1, 0.15) is 0 Å². The van der Waals surface area contributed by atoms with E-state index in [2.05, 4.69) is 41.1 Å². The lowest BCUT2D eigenvalue weighted by Gasteiger charge is -2.51. The van der Waals surface area contributed by atoms with Crippen LogP contribution in [0.25, 0.3) is 10.9 Å². The number of rotatable bonds is 0. The first-order valence-electron chi connectivity index (χ1n) is 9.65. The minimum atomic E-state index is -0.0893. The molecule has 1 saturated carbocycles. The lowest BCUT2D eigenvalue weighted by Crippen LogP contribution is -2.50. The van der Waals surface area contributed by atoms with Crippen molar-refractivity contribution in [3.05, 3.63) is 35.5 Å². The number of aromatic amines is 1. The summed E-state index contributed by atoms with van der Waals surface area (Å²) in [7, 11) is 0. The molecular formula is C21H26N2O3. The number of hydrogen-bond donors (Lipinski definition) is 2. The normalized spacial score (nSPS) is 33.2. The Morgan fingerprint density at radius 1 is 1.23 bits per heavy atom.